The van der Waals surface area contributed by atoms with Crippen LogP contribution < -0.4 is 5.32 Å². The highest BCUT2D eigenvalue weighted by Crippen LogP contribution is 2.31. The molecule has 0 saturated heterocycles. The van der Waals surface area contributed by atoms with Crippen LogP contribution in [0.25, 0.3) is 0 Å². The number of rotatable bonds is 10. The second-order valence-electron chi connectivity index (χ2n) is 6.17. The van der Waals surface area contributed by atoms with Gasteiger partial charge in [0.15, 0.2) is 5.12 Å². The van der Waals surface area contributed by atoms with Crippen molar-refractivity contribution in [2.45, 2.75) is 58.2 Å². The first-order valence-corrected chi connectivity index (χ1v) is 9.11. The van der Waals surface area contributed by atoms with Gasteiger partial charge in [0.25, 0.3) is 0 Å². The summed E-state index contributed by atoms with van der Waals surface area (Å²) >= 11 is 0.699. The highest BCUT2D eigenvalue weighted by atomic mass is 32.2. The number of esters is 2. The molecule has 0 rings (SSSR count). The van der Waals surface area contributed by atoms with E-state index in [4.69, 9.17) is 4.74 Å². The molecular formula is C17H27NO7S. The molecule has 0 aliphatic rings. The van der Waals surface area contributed by atoms with Gasteiger partial charge < -0.3 is 14.8 Å². The zero-order valence-corrected chi connectivity index (χ0v) is 16.9. The van der Waals surface area contributed by atoms with Gasteiger partial charge in [0, 0.05) is 10.7 Å². The van der Waals surface area contributed by atoms with Gasteiger partial charge in [-0.25, -0.2) is 9.59 Å². The number of methoxy groups -OCH3 is 1. The molecule has 0 fully saturated rings. The molecule has 1 amide bonds. The van der Waals surface area contributed by atoms with E-state index in [2.05, 4.69) is 10.1 Å². The minimum atomic E-state index is -1.11. The molecule has 0 heterocycles. The lowest BCUT2D eigenvalue weighted by Crippen LogP contribution is -2.54. The molecule has 1 N–H and O–H groups in total. The smallest absolute Gasteiger partial charge is 0.374 e. The molecule has 0 aromatic rings. The lowest BCUT2D eigenvalue weighted by molar-refractivity contribution is -0.152. The van der Waals surface area contributed by atoms with Gasteiger partial charge in [-0.2, -0.15) is 0 Å². The van der Waals surface area contributed by atoms with Crippen LogP contribution in [-0.2, 0) is 33.4 Å². The zero-order chi connectivity index (χ0) is 20.5. The van der Waals surface area contributed by atoms with Crippen LogP contribution in [0, 0.1) is 5.92 Å². The van der Waals surface area contributed by atoms with Crippen molar-refractivity contribution in [2.24, 2.45) is 5.92 Å². The van der Waals surface area contributed by atoms with Crippen molar-refractivity contribution >= 4 is 40.5 Å². The van der Waals surface area contributed by atoms with Gasteiger partial charge in [0.05, 0.1) is 20.1 Å². The van der Waals surface area contributed by atoms with Gasteiger partial charge in [-0.15, -0.1) is 0 Å². The van der Waals surface area contributed by atoms with Gasteiger partial charge in [0.1, 0.15) is 6.04 Å². The van der Waals surface area contributed by atoms with E-state index >= 15 is 0 Å². The average molecular weight is 389 g/mol. The molecule has 0 spiro atoms. The van der Waals surface area contributed by atoms with Crippen LogP contribution >= 0.6 is 11.8 Å². The van der Waals surface area contributed by atoms with E-state index in [1.807, 2.05) is 6.92 Å². The number of Topliss-reactive ketones (excluding diaryl/α,β-unsaturated/α-hetero) is 1. The summed E-state index contributed by atoms with van der Waals surface area (Å²) in [6.45, 7) is 8.46. The Morgan fingerprint density at radius 1 is 1.12 bits per heavy atom. The van der Waals surface area contributed by atoms with Gasteiger partial charge in [-0.1, -0.05) is 25.6 Å². The van der Waals surface area contributed by atoms with E-state index in [1.165, 1.54) is 0 Å². The molecule has 26 heavy (non-hydrogen) atoms. The molecule has 0 radical (unpaired) electrons. The van der Waals surface area contributed by atoms with Crippen molar-refractivity contribution < 1.29 is 33.4 Å². The van der Waals surface area contributed by atoms with Crippen molar-refractivity contribution in [2.75, 3.05) is 13.7 Å². The number of ketones is 1. The number of carbonyl (C=O) groups excluding carboxylic acids is 5. The van der Waals surface area contributed by atoms with Crippen LogP contribution in [0.5, 0.6) is 0 Å². The number of ether oxygens (including phenoxy) is 2. The number of nitrogens with one attached hydrogen (secondary N) is 1. The third-order valence-corrected chi connectivity index (χ3v) is 4.79. The van der Waals surface area contributed by atoms with Crippen molar-refractivity contribution in [3.63, 3.8) is 0 Å². The van der Waals surface area contributed by atoms with Gasteiger partial charge in [0.2, 0.25) is 11.7 Å². The lowest BCUT2D eigenvalue weighted by atomic mass is 10.0. The fraction of sp³-hybridized carbons (Fsp3) is 0.706. The molecule has 0 saturated carbocycles. The van der Waals surface area contributed by atoms with Crippen LogP contribution in [0.4, 0.5) is 0 Å². The summed E-state index contributed by atoms with van der Waals surface area (Å²) in [7, 11) is 1.04. The average Bonchev–Trinajstić information content (AvgIpc) is 2.56. The van der Waals surface area contributed by atoms with E-state index in [0.29, 0.717) is 18.2 Å². The number of hydrogen-bond acceptors (Lipinski definition) is 8. The third kappa shape index (κ3) is 7.55. The quantitative estimate of drug-likeness (QED) is 0.337. The third-order valence-electron chi connectivity index (χ3n) is 3.66. The topological polar surface area (TPSA) is 116 Å². The van der Waals surface area contributed by atoms with Crippen LogP contribution in [0.1, 0.15) is 47.5 Å². The van der Waals surface area contributed by atoms with Crippen molar-refractivity contribution in [1.29, 1.82) is 0 Å². The highest BCUT2D eigenvalue weighted by Gasteiger charge is 2.41. The molecule has 0 aromatic carbocycles. The summed E-state index contributed by atoms with van der Waals surface area (Å²) < 4.78 is 8.18. The Kier molecular flexibility index (Phi) is 10.1. The maximum absolute atomic E-state index is 12.3. The Morgan fingerprint density at radius 2 is 1.69 bits per heavy atom. The fourth-order valence-corrected chi connectivity index (χ4v) is 2.98. The molecule has 2 unspecified atom stereocenters. The molecule has 9 heteroatoms. The number of hydrogen-bond donors (Lipinski definition) is 1. The van der Waals surface area contributed by atoms with Gasteiger partial charge >= 0.3 is 11.9 Å². The summed E-state index contributed by atoms with van der Waals surface area (Å²) in [5, 5.41) is 2.01. The minimum Gasteiger partial charge on any atom is -0.464 e. The van der Waals surface area contributed by atoms with Crippen molar-refractivity contribution in [1.82, 2.24) is 5.32 Å². The lowest BCUT2D eigenvalue weighted by Gasteiger charge is -2.32. The predicted molar refractivity (Wildman–Crippen MR) is 96.3 cm³/mol. The van der Waals surface area contributed by atoms with E-state index in [-0.39, 0.29) is 18.4 Å². The normalized spacial score (nSPS) is 13.3. The minimum absolute atomic E-state index is 0.115. The largest absolute Gasteiger partial charge is 0.464 e. The zero-order valence-electron chi connectivity index (χ0n) is 16.0. The fourth-order valence-electron chi connectivity index (χ4n) is 1.92. The standard InChI is InChI=1S/C17H27NO7S/c1-7-10(3)14(21)18-13(16(23)25-8-2)17(4,5)26-12(20)9-11(19)15(22)24-6/h10,13H,7-9H2,1-6H3,(H,18,21). The molecule has 0 aliphatic carbocycles. The second-order valence-corrected chi connectivity index (χ2v) is 7.88. The Morgan fingerprint density at radius 3 is 2.15 bits per heavy atom. The summed E-state index contributed by atoms with van der Waals surface area (Å²) in [6, 6.07) is -1.09. The van der Waals surface area contributed by atoms with Gasteiger partial charge in [-0.3, -0.25) is 14.4 Å². The molecule has 148 valence electrons. The number of carbonyl (C=O) groups is 5. The summed E-state index contributed by atoms with van der Waals surface area (Å²) in [6.07, 6.45) is -0.0723. The monoisotopic (exact) mass is 389 g/mol. The Labute approximate surface area is 157 Å². The summed E-state index contributed by atoms with van der Waals surface area (Å²) in [5.74, 6) is -3.41. The number of amides is 1. The highest BCUT2D eigenvalue weighted by molar-refractivity contribution is 8.14. The van der Waals surface area contributed by atoms with Gasteiger partial charge in [-0.05, 0) is 27.2 Å². The first-order chi connectivity index (χ1) is 12.0. The maximum atomic E-state index is 12.3. The Balaban J connectivity index is 5.27. The number of thioether (sulfide) groups is 1. The summed E-state index contributed by atoms with van der Waals surface area (Å²) in [4.78, 5) is 59.3. The van der Waals surface area contributed by atoms with E-state index < -0.39 is 40.0 Å². The first-order valence-electron chi connectivity index (χ1n) is 8.30. The van der Waals surface area contributed by atoms with Crippen LogP contribution in [-0.4, -0.2) is 53.2 Å². The predicted octanol–water partition coefficient (Wildman–Crippen LogP) is 1.25. The molecule has 0 aliphatic heterocycles. The van der Waals surface area contributed by atoms with E-state index in [9.17, 15) is 24.0 Å². The van der Waals surface area contributed by atoms with Crippen LogP contribution in [0.3, 0.4) is 0 Å². The van der Waals surface area contributed by atoms with Crippen molar-refractivity contribution in [3.8, 4) is 0 Å². The maximum Gasteiger partial charge on any atom is 0.374 e. The van der Waals surface area contributed by atoms with Crippen LogP contribution in [0.2, 0.25) is 0 Å². The van der Waals surface area contributed by atoms with E-state index in [1.54, 1.807) is 27.7 Å². The molecule has 0 bridgehead atoms. The van der Waals surface area contributed by atoms with Crippen LogP contribution in [0.15, 0.2) is 0 Å². The first kappa shape index (κ1) is 24.1. The molecule has 8 nitrogen and oxygen atoms in total. The molecule has 2 atom stereocenters. The summed E-state index contributed by atoms with van der Waals surface area (Å²) in [5.41, 5.74) is 0. The Bertz CT molecular complexity index is 559. The second kappa shape index (κ2) is 10.9. The molecule has 0 aromatic heterocycles. The SMILES string of the molecule is CCOC(=O)C(NC(=O)C(C)CC)C(C)(C)SC(=O)CC(=O)C(=O)OC. The van der Waals surface area contributed by atoms with E-state index in [0.717, 1.165) is 7.11 Å². The Hall–Kier alpha value is -1.90. The molecular weight excluding hydrogens is 362 g/mol. The van der Waals surface area contributed by atoms with Crippen molar-refractivity contribution in [3.05, 3.63) is 0 Å².